The van der Waals surface area contributed by atoms with Gasteiger partial charge in [-0.3, -0.25) is 0 Å². The van der Waals surface area contributed by atoms with Crippen LogP contribution in [0.5, 0.6) is 5.75 Å². The van der Waals surface area contributed by atoms with Gasteiger partial charge in [0.05, 0.1) is 0 Å². The zero-order valence-electron chi connectivity index (χ0n) is 14.8. The number of ether oxygens (including phenoxy) is 1. The van der Waals surface area contributed by atoms with Crippen LogP contribution in [-0.2, 0) is 11.2 Å². The van der Waals surface area contributed by atoms with Gasteiger partial charge < -0.3 is 4.74 Å². The second kappa shape index (κ2) is 10.2. The van der Waals surface area contributed by atoms with Gasteiger partial charge in [-0.25, -0.2) is 4.79 Å². The Morgan fingerprint density at radius 2 is 1.56 bits per heavy atom. The third-order valence-corrected chi connectivity index (χ3v) is 3.86. The van der Waals surface area contributed by atoms with Crippen LogP contribution in [0.4, 0.5) is 0 Å². The van der Waals surface area contributed by atoms with Crippen LogP contribution in [0.3, 0.4) is 0 Å². The fraction of sp³-hybridized carbons (Fsp3) is 0.261. The summed E-state index contributed by atoms with van der Waals surface area (Å²) in [5.41, 5.74) is 3.25. The summed E-state index contributed by atoms with van der Waals surface area (Å²) in [4.78, 5) is 11.1. The molecule has 0 aliphatic rings. The lowest BCUT2D eigenvalue weighted by molar-refractivity contribution is -0.128. The van der Waals surface area contributed by atoms with Gasteiger partial charge in [0, 0.05) is 17.2 Å². The van der Waals surface area contributed by atoms with E-state index in [1.54, 1.807) is 12.1 Å². The molecule has 0 atom stereocenters. The van der Waals surface area contributed by atoms with E-state index >= 15 is 0 Å². The van der Waals surface area contributed by atoms with Crippen LogP contribution in [0.25, 0.3) is 0 Å². The molecule has 0 saturated carbocycles. The molecule has 0 N–H and O–H groups in total. The Morgan fingerprint density at radius 3 is 2.12 bits per heavy atom. The van der Waals surface area contributed by atoms with Crippen LogP contribution in [0.1, 0.15) is 49.3 Å². The van der Waals surface area contributed by atoms with E-state index in [0.717, 1.165) is 23.6 Å². The molecule has 2 nitrogen and oxygen atoms in total. The van der Waals surface area contributed by atoms with E-state index in [4.69, 9.17) is 4.74 Å². The molecule has 2 aromatic carbocycles. The van der Waals surface area contributed by atoms with Gasteiger partial charge in [0.25, 0.3) is 0 Å². The molecule has 0 aliphatic heterocycles. The van der Waals surface area contributed by atoms with Gasteiger partial charge in [-0.05, 0) is 54.8 Å². The van der Waals surface area contributed by atoms with E-state index in [2.05, 4.69) is 49.6 Å². The monoisotopic (exact) mass is 332 g/mol. The van der Waals surface area contributed by atoms with Crippen molar-refractivity contribution in [3.05, 3.63) is 77.9 Å². The molecule has 0 radical (unpaired) electrons. The zero-order chi connectivity index (χ0) is 17.9. The Morgan fingerprint density at radius 1 is 0.960 bits per heavy atom. The fourth-order valence-corrected chi connectivity index (χ4v) is 2.42. The first-order chi connectivity index (χ1) is 12.2. The number of aryl methyl sites for hydroxylation is 1. The average Bonchev–Trinajstić information content (AvgIpc) is 2.65. The Kier molecular flexibility index (Phi) is 7.53. The van der Waals surface area contributed by atoms with Crippen molar-refractivity contribution >= 4 is 5.97 Å². The average molecular weight is 332 g/mol. The number of benzene rings is 2. The fourth-order valence-electron chi connectivity index (χ4n) is 2.42. The predicted octanol–water partition coefficient (Wildman–Crippen LogP) is 5.30. The number of carbonyl (C=O) groups is 1. The normalized spacial score (nSPS) is 9.80. The van der Waals surface area contributed by atoms with Crippen LogP contribution in [0, 0.1) is 11.8 Å². The maximum atomic E-state index is 11.1. The molecule has 2 aromatic rings. The van der Waals surface area contributed by atoms with Crippen molar-refractivity contribution in [2.75, 3.05) is 0 Å². The molecule has 0 aliphatic carbocycles. The second-order valence-corrected chi connectivity index (χ2v) is 5.91. The highest BCUT2D eigenvalue weighted by Gasteiger charge is 1.98. The van der Waals surface area contributed by atoms with Gasteiger partial charge in [0.2, 0.25) is 0 Å². The number of rotatable bonds is 7. The van der Waals surface area contributed by atoms with Gasteiger partial charge in [0.15, 0.2) is 0 Å². The van der Waals surface area contributed by atoms with E-state index in [-0.39, 0.29) is 0 Å². The van der Waals surface area contributed by atoms with Crippen molar-refractivity contribution in [1.29, 1.82) is 0 Å². The summed E-state index contributed by atoms with van der Waals surface area (Å²) in [6, 6.07) is 15.6. The van der Waals surface area contributed by atoms with Gasteiger partial charge in [-0.1, -0.05) is 56.7 Å². The Labute approximate surface area is 150 Å². The summed E-state index contributed by atoms with van der Waals surface area (Å²) in [6.07, 6.45) is 7.42. The Balaban J connectivity index is 1.91. The minimum absolute atomic E-state index is 0.464. The Hall–Kier alpha value is -2.79. The van der Waals surface area contributed by atoms with Crippen molar-refractivity contribution in [1.82, 2.24) is 0 Å². The summed E-state index contributed by atoms with van der Waals surface area (Å²) < 4.78 is 5.04. The molecule has 0 saturated heterocycles. The van der Waals surface area contributed by atoms with E-state index in [9.17, 15) is 4.79 Å². The van der Waals surface area contributed by atoms with Gasteiger partial charge in [0.1, 0.15) is 5.75 Å². The number of unbranched alkanes of at least 4 members (excludes halogenated alkanes) is 3. The van der Waals surface area contributed by atoms with E-state index in [0.29, 0.717) is 5.75 Å². The van der Waals surface area contributed by atoms with Crippen molar-refractivity contribution in [2.45, 2.75) is 39.0 Å². The van der Waals surface area contributed by atoms with Crippen LogP contribution in [0.15, 0.2) is 61.2 Å². The summed E-state index contributed by atoms with van der Waals surface area (Å²) >= 11 is 0. The number of esters is 1. The minimum atomic E-state index is -0.464. The number of hydrogen-bond donors (Lipinski definition) is 0. The highest BCUT2D eigenvalue weighted by Crippen LogP contribution is 2.13. The molecule has 0 bridgehead atoms. The first kappa shape index (κ1) is 18.5. The molecule has 128 valence electrons. The van der Waals surface area contributed by atoms with E-state index < -0.39 is 5.97 Å². The third kappa shape index (κ3) is 6.69. The van der Waals surface area contributed by atoms with E-state index in [1.165, 1.54) is 31.2 Å². The molecule has 0 amide bonds. The molecule has 2 heteroatoms. The first-order valence-corrected chi connectivity index (χ1v) is 8.76. The van der Waals surface area contributed by atoms with Crippen molar-refractivity contribution in [3.63, 3.8) is 0 Å². The standard InChI is InChI=1S/C23H24O2/c1-3-5-6-7-8-19-9-11-20(12-10-19)13-14-21-15-17-22(18-16-21)25-23(24)4-2/h4,9-12,15-18H,2-3,5-8H2,1H3. The third-order valence-electron chi connectivity index (χ3n) is 3.86. The lowest BCUT2D eigenvalue weighted by atomic mass is 10.0. The lowest BCUT2D eigenvalue weighted by Gasteiger charge is -2.01. The molecule has 0 aromatic heterocycles. The van der Waals surface area contributed by atoms with Crippen LogP contribution in [-0.4, -0.2) is 5.97 Å². The smallest absolute Gasteiger partial charge is 0.335 e. The maximum Gasteiger partial charge on any atom is 0.335 e. The van der Waals surface area contributed by atoms with Gasteiger partial charge in [-0.2, -0.15) is 0 Å². The topological polar surface area (TPSA) is 26.3 Å². The predicted molar refractivity (Wildman–Crippen MR) is 103 cm³/mol. The number of hydrogen-bond acceptors (Lipinski definition) is 2. The SMILES string of the molecule is C=CC(=O)Oc1ccc(C#Cc2ccc(CCCCCC)cc2)cc1. The second-order valence-electron chi connectivity index (χ2n) is 5.91. The molecular formula is C23H24O2. The summed E-state index contributed by atoms with van der Waals surface area (Å²) in [5.74, 6) is 6.31. The highest BCUT2D eigenvalue weighted by molar-refractivity contribution is 5.83. The van der Waals surface area contributed by atoms with Crippen molar-refractivity contribution < 1.29 is 9.53 Å². The molecule has 2 rings (SSSR count). The van der Waals surface area contributed by atoms with Crippen LogP contribution >= 0.6 is 0 Å². The summed E-state index contributed by atoms with van der Waals surface area (Å²) in [7, 11) is 0. The number of carbonyl (C=O) groups excluding carboxylic acids is 1. The van der Waals surface area contributed by atoms with E-state index in [1.807, 2.05) is 12.1 Å². The first-order valence-electron chi connectivity index (χ1n) is 8.76. The summed E-state index contributed by atoms with van der Waals surface area (Å²) in [5, 5.41) is 0. The van der Waals surface area contributed by atoms with Crippen molar-refractivity contribution in [2.24, 2.45) is 0 Å². The molecule has 25 heavy (non-hydrogen) atoms. The van der Waals surface area contributed by atoms with Crippen LogP contribution < -0.4 is 4.74 Å². The zero-order valence-corrected chi connectivity index (χ0v) is 14.8. The molecule has 0 fully saturated rings. The minimum Gasteiger partial charge on any atom is -0.423 e. The molecule has 0 unspecified atom stereocenters. The quantitative estimate of drug-likeness (QED) is 0.226. The highest BCUT2D eigenvalue weighted by atomic mass is 16.5. The summed E-state index contributed by atoms with van der Waals surface area (Å²) in [6.45, 7) is 5.60. The lowest BCUT2D eigenvalue weighted by Crippen LogP contribution is -2.02. The van der Waals surface area contributed by atoms with Gasteiger partial charge in [-0.15, -0.1) is 0 Å². The van der Waals surface area contributed by atoms with Gasteiger partial charge >= 0.3 is 5.97 Å². The maximum absolute atomic E-state index is 11.1. The molecule has 0 heterocycles. The van der Waals surface area contributed by atoms with Crippen molar-refractivity contribution in [3.8, 4) is 17.6 Å². The molecule has 0 spiro atoms. The Bertz CT molecular complexity index is 743. The largest absolute Gasteiger partial charge is 0.423 e. The van der Waals surface area contributed by atoms with Crippen LogP contribution in [0.2, 0.25) is 0 Å². The molecular weight excluding hydrogens is 308 g/mol.